The fraction of sp³-hybridized carbons (Fsp3) is 0.462. The molecule has 0 spiro atoms. The van der Waals surface area contributed by atoms with Gasteiger partial charge in [0.25, 0.3) is 5.91 Å². The lowest BCUT2D eigenvalue weighted by Crippen LogP contribution is -2.50. The lowest BCUT2D eigenvalue weighted by molar-refractivity contribution is -0.128. The fourth-order valence-corrected chi connectivity index (χ4v) is 4.17. The first-order chi connectivity index (χ1) is 16.7. The van der Waals surface area contributed by atoms with Crippen LogP contribution in [0, 0.1) is 11.5 Å². The van der Waals surface area contributed by atoms with E-state index in [0.29, 0.717) is 17.9 Å². The molecule has 0 aliphatic carbocycles. The topological polar surface area (TPSA) is 119 Å². The Balaban J connectivity index is 2.10. The monoisotopic (exact) mass is 479 g/mol. The van der Waals surface area contributed by atoms with Crippen LogP contribution >= 0.6 is 0 Å². The molecule has 35 heavy (non-hydrogen) atoms. The van der Waals surface area contributed by atoms with Crippen LogP contribution in [-0.2, 0) is 19.7 Å². The van der Waals surface area contributed by atoms with E-state index in [9.17, 15) is 20.0 Å². The number of nitrogens with one attached hydrogen (secondary N) is 1. The number of hydrogen-bond acceptors (Lipinski definition) is 7. The van der Waals surface area contributed by atoms with Crippen LogP contribution in [-0.4, -0.2) is 65.8 Å². The number of anilines is 1. The molecule has 2 amide bonds. The number of carbonyl (C=O) groups excluding carboxylic acids is 2. The minimum Gasteiger partial charge on any atom is -0.391 e. The lowest BCUT2D eigenvalue weighted by Gasteiger charge is -2.34. The first-order valence-corrected chi connectivity index (χ1v) is 11.6. The van der Waals surface area contributed by atoms with Gasteiger partial charge in [0.2, 0.25) is 5.91 Å². The Hall–Kier alpha value is -3.48. The predicted molar refractivity (Wildman–Crippen MR) is 131 cm³/mol. The van der Waals surface area contributed by atoms with Crippen LogP contribution in [0.1, 0.15) is 44.4 Å². The van der Waals surface area contributed by atoms with Crippen molar-refractivity contribution >= 4 is 17.5 Å². The quantitative estimate of drug-likeness (QED) is 0.440. The summed E-state index contributed by atoms with van der Waals surface area (Å²) >= 11 is 0. The summed E-state index contributed by atoms with van der Waals surface area (Å²) in [5, 5.41) is 22.6. The number of aromatic nitrogens is 1. The summed E-state index contributed by atoms with van der Waals surface area (Å²) in [5.41, 5.74) is 2.02. The normalized spacial score (nSPS) is 18.6. The number of methoxy groups -OCH3 is 1. The SMILES string of the molecule is COCCNC(=O)C(c1cccnc1)N(C(=O)C1CC(O)CN1C#N)c1ccc(C(C)(C)C)cc1. The molecule has 3 rings (SSSR count). The zero-order chi connectivity index (χ0) is 25.6. The van der Waals surface area contributed by atoms with Crippen molar-refractivity contribution in [2.45, 2.75) is 50.8 Å². The molecule has 1 fully saturated rings. The lowest BCUT2D eigenvalue weighted by atomic mass is 9.87. The number of hydrogen-bond donors (Lipinski definition) is 2. The molecule has 0 bridgehead atoms. The number of nitriles is 1. The van der Waals surface area contributed by atoms with E-state index < -0.39 is 30.0 Å². The average Bonchev–Trinajstić information content (AvgIpc) is 3.23. The van der Waals surface area contributed by atoms with Crippen LogP contribution in [0.4, 0.5) is 5.69 Å². The number of aliphatic hydroxyl groups excluding tert-OH is 1. The van der Waals surface area contributed by atoms with Crippen LogP contribution in [0.3, 0.4) is 0 Å². The average molecular weight is 480 g/mol. The maximum absolute atomic E-state index is 14.0. The van der Waals surface area contributed by atoms with Gasteiger partial charge in [-0.05, 0) is 29.2 Å². The van der Waals surface area contributed by atoms with Crippen molar-refractivity contribution in [1.29, 1.82) is 5.26 Å². The smallest absolute Gasteiger partial charge is 0.251 e. The van der Waals surface area contributed by atoms with E-state index in [2.05, 4.69) is 31.1 Å². The summed E-state index contributed by atoms with van der Waals surface area (Å²) in [6.45, 7) is 6.94. The van der Waals surface area contributed by atoms with Crippen molar-refractivity contribution in [3.8, 4) is 6.19 Å². The first-order valence-electron chi connectivity index (χ1n) is 11.6. The van der Waals surface area contributed by atoms with E-state index >= 15 is 0 Å². The number of nitrogens with zero attached hydrogens (tertiary/aromatic N) is 4. The Bertz CT molecular complexity index is 1050. The molecular weight excluding hydrogens is 446 g/mol. The van der Waals surface area contributed by atoms with Crippen molar-refractivity contribution in [1.82, 2.24) is 15.2 Å². The van der Waals surface area contributed by atoms with Gasteiger partial charge in [-0.1, -0.05) is 39.0 Å². The molecule has 1 aliphatic rings. The highest BCUT2D eigenvalue weighted by Crippen LogP contribution is 2.33. The second-order valence-corrected chi connectivity index (χ2v) is 9.64. The molecule has 2 heterocycles. The van der Waals surface area contributed by atoms with Gasteiger partial charge in [0.15, 0.2) is 6.19 Å². The molecule has 0 radical (unpaired) electrons. The van der Waals surface area contributed by atoms with E-state index in [-0.39, 0.29) is 24.9 Å². The maximum Gasteiger partial charge on any atom is 0.251 e. The molecular formula is C26H33N5O4. The molecule has 9 heteroatoms. The van der Waals surface area contributed by atoms with E-state index in [1.165, 1.54) is 9.80 Å². The van der Waals surface area contributed by atoms with Crippen molar-refractivity contribution in [3.05, 3.63) is 59.9 Å². The first kappa shape index (κ1) is 26.1. The maximum atomic E-state index is 14.0. The summed E-state index contributed by atoms with van der Waals surface area (Å²) in [5.74, 6) is -0.840. The Morgan fingerprint density at radius 2 is 2.03 bits per heavy atom. The Morgan fingerprint density at radius 1 is 1.31 bits per heavy atom. The molecule has 2 aromatic rings. The van der Waals surface area contributed by atoms with Gasteiger partial charge in [-0.15, -0.1) is 0 Å². The zero-order valence-corrected chi connectivity index (χ0v) is 20.6. The highest BCUT2D eigenvalue weighted by atomic mass is 16.5. The number of pyridine rings is 1. The molecule has 1 aromatic carbocycles. The minimum absolute atomic E-state index is 0.0707. The molecule has 1 aromatic heterocycles. The third-order valence-corrected chi connectivity index (χ3v) is 6.05. The van der Waals surface area contributed by atoms with Gasteiger partial charge in [-0.2, -0.15) is 5.26 Å². The highest BCUT2D eigenvalue weighted by molar-refractivity contribution is 6.04. The van der Waals surface area contributed by atoms with Crippen LogP contribution in [0.15, 0.2) is 48.8 Å². The van der Waals surface area contributed by atoms with E-state index in [4.69, 9.17) is 4.74 Å². The van der Waals surface area contributed by atoms with Gasteiger partial charge in [0, 0.05) is 43.7 Å². The molecule has 1 saturated heterocycles. The third kappa shape index (κ3) is 6.15. The Kier molecular flexibility index (Phi) is 8.43. The number of benzene rings is 1. The number of amides is 2. The number of β-amino-alcohol motifs (C(OH)–C–C–N with tert-alkyl or cyclic N) is 1. The Labute approximate surface area is 206 Å². The molecule has 2 N–H and O–H groups in total. The predicted octanol–water partition coefficient (Wildman–Crippen LogP) is 2.13. The van der Waals surface area contributed by atoms with Crippen molar-refractivity contribution in [2.75, 3.05) is 31.7 Å². The van der Waals surface area contributed by atoms with Gasteiger partial charge in [-0.25, -0.2) is 0 Å². The standard InChI is InChI=1S/C26H33N5O4/c1-26(2,3)19-7-9-20(10-8-19)31(25(34)22-14-21(32)16-30(22)17-27)23(18-6-5-11-28-15-18)24(33)29-12-13-35-4/h5-11,15,21-23,32H,12-14,16H2,1-4H3,(H,29,33). The molecule has 3 unspecified atom stereocenters. The van der Waals surface area contributed by atoms with E-state index in [1.54, 1.807) is 31.6 Å². The number of carbonyl (C=O) groups is 2. The Morgan fingerprint density at radius 3 is 2.60 bits per heavy atom. The van der Waals surface area contributed by atoms with Crippen molar-refractivity contribution in [2.24, 2.45) is 0 Å². The second-order valence-electron chi connectivity index (χ2n) is 9.64. The van der Waals surface area contributed by atoms with Crippen molar-refractivity contribution < 1.29 is 19.4 Å². The van der Waals surface area contributed by atoms with E-state index in [0.717, 1.165) is 5.56 Å². The number of likely N-dealkylation sites (tertiary alicyclic amines) is 1. The fourth-order valence-electron chi connectivity index (χ4n) is 4.17. The van der Waals surface area contributed by atoms with Gasteiger partial charge in [-0.3, -0.25) is 24.4 Å². The molecule has 1 aliphatic heterocycles. The summed E-state index contributed by atoms with van der Waals surface area (Å²) in [6.07, 6.45) is 4.45. The van der Waals surface area contributed by atoms with Gasteiger partial charge < -0.3 is 15.2 Å². The van der Waals surface area contributed by atoms with Crippen LogP contribution in [0.25, 0.3) is 0 Å². The van der Waals surface area contributed by atoms with Crippen LogP contribution < -0.4 is 10.2 Å². The van der Waals surface area contributed by atoms with Gasteiger partial charge >= 0.3 is 0 Å². The number of rotatable bonds is 8. The van der Waals surface area contributed by atoms with Crippen LogP contribution in [0.2, 0.25) is 0 Å². The van der Waals surface area contributed by atoms with Crippen molar-refractivity contribution in [3.63, 3.8) is 0 Å². The molecule has 0 saturated carbocycles. The minimum atomic E-state index is -1.04. The molecule has 3 atom stereocenters. The molecule has 9 nitrogen and oxygen atoms in total. The zero-order valence-electron chi connectivity index (χ0n) is 20.6. The van der Waals surface area contributed by atoms with Gasteiger partial charge in [0.1, 0.15) is 12.1 Å². The summed E-state index contributed by atoms with van der Waals surface area (Å²) in [4.78, 5) is 34.3. The highest BCUT2D eigenvalue weighted by Gasteiger charge is 2.42. The summed E-state index contributed by atoms with van der Waals surface area (Å²) in [7, 11) is 1.54. The summed E-state index contributed by atoms with van der Waals surface area (Å²) < 4.78 is 5.06. The number of aliphatic hydroxyl groups is 1. The van der Waals surface area contributed by atoms with Gasteiger partial charge in [0.05, 0.1) is 19.3 Å². The van der Waals surface area contributed by atoms with Crippen LogP contribution in [0.5, 0.6) is 0 Å². The second kappa shape index (κ2) is 11.3. The third-order valence-electron chi connectivity index (χ3n) is 6.05. The summed E-state index contributed by atoms with van der Waals surface area (Å²) in [6, 6.07) is 9.02. The molecule has 186 valence electrons. The largest absolute Gasteiger partial charge is 0.391 e. The number of ether oxygens (including phenoxy) is 1. The van der Waals surface area contributed by atoms with E-state index in [1.807, 2.05) is 30.5 Å².